The second-order valence-corrected chi connectivity index (χ2v) is 3.90. The topological polar surface area (TPSA) is 34.1 Å². The molecule has 0 bridgehead atoms. The number of hydrogen-bond donors (Lipinski definition) is 1. The average molecular weight is 228 g/mol. The monoisotopic (exact) mass is 228 g/mol. The third-order valence-electron chi connectivity index (χ3n) is 2.86. The molecule has 0 radical (unpaired) electrons. The van der Waals surface area contributed by atoms with E-state index in [-0.39, 0.29) is 6.42 Å². The number of nitrogens with zero attached hydrogens (tertiary/aromatic N) is 1. The molecular weight excluding hydrogens is 214 g/mol. The molecule has 1 aromatic rings. The lowest BCUT2D eigenvalue weighted by Crippen LogP contribution is -2.42. The predicted molar refractivity (Wildman–Crippen MR) is 56.0 cm³/mol. The molecule has 1 aliphatic heterocycles. The summed E-state index contributed by atoms with van der Waals surface area (Å²) in [7, 11) is 1.50. The first kappa shape index (κ1) is 11.3. The predicted octanol–water partition coefficient (Wildman–Crippen LogP) is 1.80. The van der Waals surface area contributed by atoms with Gasteiger partial charge < -0.3 is 10.1 Å². The molecule has 0 aliphatic carbocycles. The molecule has 3 nitrogen and oxygen atoms in total. The molecule has 2 heterocycles. The van der Waals surface area contributed by atoms with Crippen molar-refractivity contribution in [3.05, 3.63) is 23.9 Å². The van der Waals surface area contributed by atoms with Gasteiger partial charge >= 0.3 is 0 Å². The first-order valence-electron chi connectivity index (χ1n) is 5.22. The molecular formula is C11H14F2N2O. The van der Waals surface area contributed by atoms with E-state index in [9.17, 15) is 8.78 Å². The van der Waals surface area contributed by atoms with Crippen molar-refractivity contribution in [2.24, 2.45) is 0 Å². The Balaban J connectivity index is 2.21. The molecule has 16 heavy (non-hydrogen) atoms. The molecule has 0 saturated carbocycles. The van der Waals surface area contributed by atoms with Gasteiger partial charge in [-0.2, -0.15) is 0 Å². The summed E-state index contributed by atoms with van der Waals surface area (Å²) >= 11 is 0. The highest BCUT2D eigenvalue weighted by molar-refractivity contribution is 5.24. The smallest absolute Gasteiger partial charge is 0.257 e. The van der Waals surface area contributed by atoms with Crippen molar-refractivity contribution < 1.29 is 13.5 Å². The maximum Gasteiger partial charge on any atom is 0.257 e. The van der Waals surface area contributed by atoms with E-state index in [0.29, 0.717) is 24.5 Å². The summed E-state index contributed by atoms with van der Waals surface area (Å²) in [4.78, 5) is 3.95. The Morgan fingerprint density at radius 1 is 1.50 bits per heavy atom. The van der Waals surface area contributed by atoms with Crippen molar-refractivity contribution in [1.29, 1.82) is 0 Å². The van der Waals surface area contributed by atoms with Crippen molar-refractivity contribution in [1.82, 2.24) is 10.3 Å². The van der Waals surface area contributed by atoms with E-state index in [1.165, 1.54) is 13.3 Å². The minimum atomic E-state index is -2.65. The zero-order chi connectivity index (χ0) is 11.6. The van der Waals surface area contributed by atoms with Crippen LogP contribution in [0.25, 0.3) is 0 Å². The highest BCUT2D eigenvalue weighted by atomic mass is 19.3. The van der Waals surface area contributed by atoms with Crippen LogP contribution in [0.4, 0.5) is 8.78 Å². The number of alkyl halides is 2. The summed E-state index contributed by atoms with van der Waals surface area (Å²) in [5, 5.41) is 2.98. The number of pyridine rings is 1. The van der Waals surface area contributed by atoms with Gasteiger partial charge in [-0.15, -0.1) is 0 Å². The summed E-state index contributed by atoms with van der Waals surface area (Å²) < 4.78 is 32.2. The molecule has 0 amide bonds. The normalized spacial score (nSPS) is 24.1. The van der Waals surface area contributed by atoms with Gasteiger partial charge in [-0.3, -0.25) is 0 Å². The molecule has 1 aromatic heterocycles. The number of aromatic nitrogens is 1. The van der Waals surface area contributed by atoms with E-state index in [2.05, 4.69) is 10.3 Å². The number of piperidine rings is 1. The molecule has 1 saturated heterocycles. The molecule has 0 spiro atoms. The van der Waals surface area contributed by atoms with Gasteiger partial charge in [0, 0.05) is 31.8 Å². The van der Waals surface area contributed by atoms with Gasteiger partial charge in [0.05, 0.1) is 13.0 Å². The van der Waals surface area contributed by atoms with E-state index in [0.717, 1.165) is 0 Å². The molecule has 0 aromatic carbocycles. The summed E-state index contributed by atoms with van der Waals surface area (Å²) in [6.45, 7) is 0.661. The SMILES string of the molecule is COc1ccc([C@H]2CNCCC2(F)F)cn1. The van der Waals surface area contributed by atoms with Crippen LogP contribution in [0.5, 0.6) is 5.88 Å². The number of rotatable bonds is 2. The van der Waals surface area contributed by atoms with Crippen molar-refractivity contribution in [3.8, 4) is 5.88 Å². The molecule has 1 atom stereocenters. The van der Waals surface area contributed by atoms with Crippen molar-refractivity contribution >= 4 is 0 Å². The van der Waals surface area contributed by atoms with Crippen molar-refractivity contribution in [2.75, 3.05) is 20.2 Å². The molecule has 1 aliphatic rings. The third kappa shape index (κ3) is 2.14. The van der Waals surface area contributed by atoms with Gasteiger partial charge in [0.25, 0.3) is 5.92 Å². The Morgan fingerprint density at radius 2 is 2.31 bits per heavy atom. The third-order valence-corrected chi connectivity index (χ3v) is 2.86. The second-order valence-electron chi connectivity index (χ2n) is 3.90. The summed E-state index contributed by atoms with van der Waals surface area (Å²) in [5.41, 5.74) is 0.554. The molecule has 1 N–H and O–H groups in total. The van der Waals surface area contributed by atoms with Crippen LogP contribution in [-0.4, -0.2) is 31.1 Å². The molecule has 5 heteroatoms. The number of hydrogen-bond acceptors (Lipinski definition) is 3. The first-order valence-corrected chi connectivity index (χ1v) is 5.22. The fourth-order valence-electron chi connectivity index (χ4n) is 1.91. The lowest BCUT2D eigenvalue weighted by molar-refractivity contribution is -0.0480. The maximum atomic E-state index is 13.6. The molecule has 0 unspecified atom stereocenters. The Kier molecular flexibility index (Phi) is 3.05. The van der Waals surface area contributed by atoms with E-state index in [4.69, 9.17) is 4.74 Å². The average Bonchev–Trinajstić information content (AvgIpc) is 2.29. The minimum absolute atomic E-state index is 0.121. The van der Waals surface area contributed by atoms with Gasteiger partial charge in [0.2, 0.25) is 5.88 Å². The Labute approximate surface area is 92.8 Å². The van der Waals surface area contributed by atoms with Crippen LogP contribution in [0.3, 0.4) is 0 Å². The summed E-state index contributed by atoms with van der Waals surface area (Å²) in [6, 6.07) is 3.26. The van der Waals surface area contributed by atoms with Gasteiger partial charge in [-0.05, 0) is 5.56 Å². The van der Waals surface area contributed by atoms with E-state index < -0.39 is 11.8 Å². The quantitative estimate of drug-likeness (QED) is 0.838. The number of nitrogens with one attached hydrogen (secondary N) is 1. The van der Waals surface area contributed by atoms with E-state index in [1.54, 1.807) is 12.1 Å². The van der Waals surface area contributed by atoms with Gasteiger partial charge in [-0.1, -0.05) is 6.07 Å². The standard InChI is InChI=1S/C11H14F2N2O/c1-16-10-3-2-8(6-15-10)9-7-14-5-4-11(9,12)13/h2-3,6,9,14H,4-5,7H2,1H3/t9-/m1/s1. The Bertz CT molecular complexity index is 354. The van der Waals surface area contributed by atoms with Crippen LogP contribution in [0.15, 0.2) is 18.3 Å². The number of ether oxygens (including phenoxy) is 1. The van der Waals surface area contributed by atoms with E-state index >= 15 is 0 Å². The zero-order valence-electron chi connectivity index (χ0n) is 9.04. The molecule has 1 fully saturated rings. The van der Waals surface area contributed by atoms with Gasteiger partial charge in [0.15, 0.2) is 0 Å². The number of methoxy groups -OCH3 is 1. The van der Waals surface area contributed by atoms with Crippen LogP contribution in [-0.2, 0) is 0 Å². The van der Waals surface area contributed by atoms with Crippen LogP contribution >= 0.6 is 0 Å². The van der Waals surface area contributed by atoms with Crippen LogP contribution in [0, 0.1) is 0 Å². The zero-order valence-corrected chi connectivity index (χ0v) is 9.04. The first-order chi connectivity index (χ1) is 7.63. The summed E-state index contributed by atoms with van der Waals surface area (Å²) in [6.07, 6.45) is 1.34. The fourth-order valence-corrected chi connectivity index (χ4v) is 1.91. The Hall–Kier alpha value is -1.23. The van der Waals surface area contributed by atoms with Crippen molar-refractivity contribution in [2.45, 2.75) is 18.3 Å². The highest BCUT2D eigenvalue weighted by Crippen LogP contribution is 2.37. The largest absolute Gasteiger partial charge is 0.481 e. The highest BCUT2D eigenvalue weighted by Gasteiger charge is 2.42. The molecule has 88 valence electrons. The second kappa shape index (κ2) is 4.33. The lowest BCUT2D eigenvalue weighted by Gasteiger charge is -2.31. The van der Waals surface area contributed by atoms with Crippen LogP contribution < -0.4 is 10.1 Å². The van der Waals surface area contributed by atoms with Crippen molar-refractivity contribution in [3.63, 3.8) is 0 Å². The maximum absolute atomic E-state index is 13.6. The van der Waals surface area contributed by atoms with Crippen LogP contribution in [0.2, 0.25) is 0 Å². The van der Waals surface area contributed by atoms with E-state index in [1.807, 2.05) is 0 Å². The Morgan fingerprint density at radius 3 is 2.88 bits per heavy atom. The van der Waals surface area contributed by atoms with Gasteiger partial charge in [0.1, 0.15) is 0 Å². The minimum Gasteiger partial charge on any atom is -0.481 e. The molecule has 2 rings (SSSR count). The summed E-state index contributed by atoms with van der Waals surface area (Å²) in [5.74, 6) is -3.00. The van der Waals surface area contributed by atoms with Crippen LogP contribution in [0.1, 0.15) is 17.9 Å². The lowest BCUT2D eigenvalue weighted by atomic mass is 9.89. The van der Waals surface area contributed by atoms with Gasteiger partial charge in [-0.25, -0.2) is 13.8 Å². The number of halogens is 2. The fraction of sp³-hybridized carbons (Fsp3) is 0.545.